The highest BCUT2D eigenvalue weighted by Crippen LogP contribution is 2.43. The SMILES string of the molecule is [2H]C([2H])([2H])c1ccc2oc3cc4c(nc3c2c1)oc1c(-c2nc3ccccc3n2-c2c(C(C)C)cc(-c3ccccc3)cc2C(C)C)cccc14. The summed E-state index contributed by atoms with van der Waals surface area (Å²) in [5.74, 6) is 1.25. The Bertz CT molecular complexity index is 2780. The zero-order valence-electron chi connectivity index (χ0n) is 30.2. The molecule has 0 aliphatic carbocycles. The summed E-state index contributed by atoms with van der Waals surface area (Å²) in [5.41, 5.74) is 11.9. The van der Waals surface area contributed by atoms with Crippen LogP contribution >= 0.6 is 0 Å². The molecule has 234 valence electrons. The number of para-hydroxylation sites is 3. The average Bonchev–Trinajstić information content (AvgIpc) is 3.80. The molecule has 0 aliphatic heterocycles. The summed E-state index contributed by atoms with van der Waals surface area (Å²) in [5, 5.41) is 2.35. The number of pyridine rings is 1. The normalized spacial score (nSPS) is 13.4. The minimum absolute atomic E-state index is 0.234. The van der Waals surface area contributed by atoms with Crippen LogP contribution in [0.5, 0.6) is 0 Å². The zero-order valence-corrected chi connectivity index (χ0v) is 27.2. The van der Waals surface area contributed by atoms with Gasteiger partial charge in [0, 0.05) is 14.9 Å². The van der Waals surface area contributed by atoms with E-state index in [1.807, 2.05) is 24.3 Å². The number of aromatic nitrogens is 3. The van der Waals surface area contributed by atoms with Crippen molar-refractivity contribution in [3.63, 3.8) is 0 Å². The van der Waals surface area contributed by atoms with Gasteiger partial charge in [-0.2, -0.15) is 0 Å². The second kappa shape index (κ2) is 10.7. The number of fused-ring (bicyclic) bond motifs is 7. The van der Waals surface area contributed by atoms with Gasteiger partial charge < -0.3 is 8.83 Å². The summed E-state index contributed by atoms with van der Waals surface area (Å²) in [7, 11) is 0. The first-order valence-corrected chi connectivity index (χ1v) is 16.5. The molecule has 0 saturated heterocycles. The Morgan fingerprint density at radius 1 is 0.646 bits per heavy atom. The molecule has 0 N–H and O–H groups in total. The fourth-order valence-corrected chi connectivity index (χ4v) is 7.12. The highest BCUT2D eigenvalue weighted by Gasteiger charge is 2.26. The third-order valence-electron chi connectivity index (χ3n) is 9.46. The van der Waals surface area contributed by atoms with Crippen molar-refractivity contribution in [2.75, 3.05) is 0 Å². The molecule has 0 aliphatic rings. The predicted molar refractivity (Wildman–Crippen MR) is 197 cm³/mol. The lowest BCUT2D eigenvalue weighted by molar-refractivity contribution is 0.652. The van der Waals surface area contributed by atoms with Gasteiger partial charge in [0.05, 0.1) is 27.7 Å². The van der Waals surface area contributed by atoms with Gasteiger partial charge >= 0.3 is 0 Å². The minimum Gasteiger partial charge on any atom is -0.454 e. The molecule has 5 nitrogen and oxygen atoms in total. The van der Waals surface area contributed by atoms with Gasteiger partial charge in [0.1, 0.15) is 22.5 Å². The van der Waals surface area contributed by atoms with Crippen molar-refractivity contribution in [2.45, 2.75) is 46.4 Å². The molecule has 5 aromatic carbocycles. The molecule has 5 heteroatoms. The zero-order chi connectivity index (χ0) is 35.2. The molecular formula is C43H35N3O2. The third-order valence-corrected chi connectivity index (χ3v) is 9.46. The maximum Gasteiger partial charge on any atom is 0.228 e. The van der Waals surface area contributed by atoms with Crippen LogP contribution in [0.2, 0.25) is 0 Å². The van der Waals surface area contributed by atoms with E-state index in [2.05, 4.69) is 99.0 Å². The highest BCUT2D eigenvalue weighted by atomic mass is 16.3. The van der Waals surface area contributed by atoms with Crippen LogP contribution in [0.3, 0.4) is 0 Å². The van der Waals surface area contributed by atoms with Crippen LogP contribution in [0, 0.1) is 6.85 Å². The van der Waals surface area contributed by atoms with Gasteiger partial charge in [0.15, 0.2) is 5.58 Å². The summed E-state index contributed by atoms with van der Waals surface area (Å²) in [6.45, 7) is 6.77. The molecular weight excluding hydrogens is 590 g/mol. The van der Waals surface area contributed by atoms with Crippen LogP contribution in [0.25, 0.3) is 83.4 Å². The van der Waals surface area contributed by atoms with Crippen molar-refractivity contribution < 1.29 is 12.9 Å². The largest absolute Gasteiger partial charge is 0.454 e. The topological polar surface area (TPSA) is 57.0 Å². The van der Waals surface area contributed by atoms with Gasteiger partial charge in [-0.15, -0.1) is 0 Å². The summed E-state index contributed by atoms with van der Waals surface area (Å²) in [6, 6.07) is 36.5. The van der Waals surface area contributed by atoms with Crippen LogP contribution in [0.15, 0.2) is 118 Å². The minimum atomic E-state index is -2.24. The van der Waals surface area contributed by atoms with E-state index in [1.54, 1.807) is 18.2 Å². The van der Waals surface area contributed by atoms with Gasteiger partial charge in [0.25, 0.3) is 0 Å². The van der Waals surface area contributed by atoms with Crippen molar-refractivity contribution >= 4 is 55.2 Å². The van der Waals surface area contributed by atoms with Gasteiger partial charge in [0.2, 0.25) is 5.71 Å². The Hall–Kier alpha value is -5.68. The standard InChI is InChI=1S/C43H35N3O2/c1-24(2)31-21-28(27-12-7-6-8-13-27)22-32(25(3)4)40(31)46-36-17-10-9-16-35(36)44-42(46)30-15-11-14-29-33-23-38-39(45-43(33)48-41(29)30)34-20-26(5)18-19-37(34)47-38/h6-25H,1-5H3/i5D3. The monoisotopic (exact) mass is 628 g/mol. The Balaban J connectivity index is 1.32. The van der Waals surface area contributed by atoms with Gasteiger partial charge in [-0.1, -0.05) is 93.9 Å². The summed E-state index contributed by atoms with van der Waals surface area (Å²) < 4.78 is 38.9. The van der Waals surface area contributed by atoms with Crippen LogP contribution in [0.4, 0.5) is 0 Å². The van der Waals surface area contributed by atoms with E-state index in [9.17, 15) is 0 Å². The summed E-state index contributed by atoms with van der Waals surface area (Å²) in [4.78, 5) is 10.2. The molecule has 0 saturated carbocycles. The quantitative estimate of drug-likeness (QED) is 0.190. The van der Waals surface area contributed by atoms with Gasteiger partial charge in [-0.3, -0.25) is 4.57 Å². The molecule has 9 aromatic rings. The van der Waals surface area contributed by atoms with Crippen LogP contribution in [0.1, 0.15) is 60.3 Å². The first-order chi connectivity index (χ1) is 24.6. The molecule has 4 aromatic heterocycles. The van der Waals surface area contributed by atoms with E-state index in [1.165, 1.54) is 22.3 Å². The number of aryl methyl sites for hydroxylation is 1. The maximum absolute atomic E-state index is 7.92. The van der Waals surface area contributed by atoms with E-state index in [0.29, 0.717) is 33.4 Å². The van der Waals surface area contributed by atoms with E-state index < -0.39 is 6.85 Å². The van der Waals surface area contributed by atoms with Crippen LogP contribution in [-0.4, -0.2) is 14.5 Å². The second-order valence-corrected chi connectivity index (χ2v) is 13.2. The lowest BCUT2D eigenvalue weighted by Crippen LogP contribution is -2.09. The number of imidazole rings is 1. The second-order valence-electron chi connectivity index (χ2n) is 13.2. The fraction of sp³-hybridized carbons (Fsp3) is 0.163. The molecule has 0 amide bonds. The lowest BCUT2D eigenvalue weighted by Gasteiger charge is -2.24. The van der Waals surface area contributed by atoms with E-state index >= 15 is 0 Å². The van der Waals surface area contributed by atoms with E-state index in [0.717, 1.165) is 38.9 Å². The predicted octanol–water partition coefficient (Wildman–Crippen LogP) is 12.1. The Labute approximate surface area is 282 Å². The fourth-order valence-electron chi connectivity index (χ4n) is 7.12. The van der Waals surface area contributed by atoms with Crippen molar-refractivity contribution in [2.24, 2.45) is 0 Å². The number of nitrogens with zero attached hydrogens (tertiary/aromatic N) is 3. The first kappa shape index (κ1) is 25.4. The van der Waals surface area contributed by atoms with Crippen molar-refractivity contribution in [1.29, 1.82) is 0 Å². The molecule has 0 spiro atoms. The number of rotatable bonds is 5. The molecule has 0 bridgehead atoms. The number of hydrogen-bond donors (Lipinski definition) is 0. The molecule has 0 radical (unpaired) electrons. The van der Waals surface area contributed by atoms with E-state index in [4.69, 9.17) is 22.9 Å². The van der Waals surface area contributed by atoms with Gasteiger partial charge in [-0.25, -0.2) is 9.97 Å². The molecule has 0 unspecified atom stereocenters. The Morgan fingerprint density at radius 3 is 2.19 bits per heavy atom. The van der Waals surface area contributed by atoms with Crippen molar-refractivity contribution in [3.05, 3.63) is 126 Å². The van der Waals surface area contributed by atoms with Gasteiger partial charge in [-0.05, 0) is 89.5 Å². The Morgan fingerprint density at radius 2 is 1.42 bits per heavy atom. The third kappa shape index (κ3) is 4.31. The molecule has 0 fully saturated rings. The summed E-state index contributed by atoms with van der Waals surface area (Å²) in [6.07, 6.45) is 0. The maximum atomic E-state index is 7.92. The van der Waals surface area contributed by atoms with E-state index in [-0.39, 0.29) is 17.4 Å². The van der Waals surface area contributed by atoms with Crippen molar-refractivity contribution in [3.8, 4) is 28.2 Å². The molecule has 48 heavy (non-hydrogen) atoms. The average molecular weight is 629 g/mol. The number of furan rings is 2. The van der Waals surface area contributed by atoms with Crippen LogP contribution < -0.4 is 0 Å². The highest BCUT2D eigenvalue weighted by molar-refractivity contribution is 6.13. The smallest absolute Gasteiger partial charge is 0.228 e. The summed E-state index contributed by atoms with van der Waals surface area (Å²) >= 11 is 0. The number of hydrogen-bond acceptors (Lipinski definition) is 4. The first-order valence-electron chi connectivity index (χ1n) is 18.0. The Kier molecular flexibility index (Phi) is 5.65. The van der Waals surface area contributed by atoms with Crippen LogP contribution in [-0.2, 0) is 0 Å². The molecule has 9 rings (SSSR count). The number of benzene rings is 5. The molecule has 0 atom stereocenters. The lowest BCUT2D eigenvalue weighted by atomic mass is 9.88. The van der Waals surface area contributed by atoms with Crippen molar-refractivity contribution in [1.82, 2.24) is 14.5 Å². The molecule has 4 heterocycles.